The molecule has 3 aliphatic rings. The fourth-order valence-corrected chi connectivity index (χ4v) is 4.17. The molecule has 1 aromatic carbocycles. The molecule has 4 rings (SSSR count). The molecule has 1 heterocycles. The molecular formula is C20H26N2O4. The number of anilines is 1. The Labute approximate surface area is 153 Å². The largest absolute Gasteiger partial charge is 0.448 e. The van der Waals surface area contributed by atoms with E-state index in [9.17, 15) is 9.59 Å². The van der Waals surface area contributed by atoms with Crippen molar-refractivity contribution in [2.24, 2.45) is 5.92 Å². The molecule has 1 aliphatic heterocycles. The van der Waals surface area contributed by atoms with Gasteiger partial charge in [-0.3, -0.25) is 9.59 Å². The van der Waals surface area contributed by atoms with E-state index in [1.807, 2.05) is 6.07 Å². The van der Waals surface area contributed by atoms with Crippen LogP contribution in [-0.4, -0.2) is 24.1 Å². The lowest BCUT2D eigenvalue weighted by atomic mass is 9.89. The van der Waals surface area contributed by atoms with Crippen LogP contribution in [-0.2, 0) is 9.59 Å². The van der Waals surface area contributed by atoms with Gasteiger partial charge in [0, 0.05) is 30.5 Å². The second-order valence-corrected chi connectivity index (χ2v) is 7.58. The minimum absolute atomic E-state index is 0.00582. The van der Waals surface area contributed by atoms with Crippen LogP contribution in [0.2, 0.25) is 0 Å². The van der Waals surface area contributed by atoms with E-state index in [4.69, 9.17) is 9.47 Å². The van der Waals surface area contributed by atoms with Crippen molar-refractivity contribution in [1.82, 2.24) is 5.32 Å². The third kappa shape index (κ3) is 3.64. The molecular weight excluding hydrogens is 332 g/mol. The Bertz CT molecular complexity index is 691. The topological polar surface area (TPSA) is 76.7 Å². The standard InChI is InChI=1S/C20H26N2O4/c23-18(13-21-19(24)14-6-2-1-3-7-14)22-15-8-9-16-17(12-15)26-20(25-16)10-4-5-11-20/h8-9,12,14H,1-7,10-11,13H2,(H,21,24)(H,22,23). The molecule has 26 heavy (non-hydrogen) atoms. The normalized spacial score (nSPS) is 20.9. The summed E-state index contributed by atoms with van der Waals surface area (Å²) in [5.41, 5.74) is 0.652. The first-order valence-electron chi connectivity index (χ1n) is 9.73. The average molecular weight is 358 g/mol. The number of hydrogen-bond acceptors (Lipinski definition) is 4. The summed E-state index contributed by atoms with van der Waals surface area (Å²) < 4.78 is 12.0. The van der Waals surface area contributed by atoms with Crippen molar-refractivity contribution < 1.29 is 19.1 Å². The van der Waals surface area contributed by atoms with Crippen molar-refractivity contribution in [2.75, 3.05) is 11.9 Å². The number of rotatable bonds is 4. The third-order valence-corrected chi connectivity index (χ3v) is 5.58. The van der Waals surface area contributed by atoms with Gasteiger partial charge in [0.1, 0.15) is 0 Å². The predicted octanol–water partition coefficient (Wildman–Crippen LogP) is 3.36. The van der Waals surface area contributed by atoms with Crippen LogP contribution in [0, 0.1) is 5.92 Å². The van der Waals surface area contributed by atoms with Crippen LogP contribution in [0.25, 0.3) is 0 Å². The van der Waals surface area contributed by atoms with E-state index in [0.717, 1.165) is 57.1 Å². The number of amides is 2. The first-order valence-corrected chi connectivity index (χ1v) is 9.73. The van der Waals surface area contributed by atoms with Gasteiger partial charge in [-0.2, -0.15) is 0 Å². The van der Waals surface area contributed by atoms with Crippen LogP contribution < -0.4 is 20.1 Å². The number of ether oxygens (including phenoxy) is 2. The van der Waals surface area contributed by atoms with Gasteiger partial charge in [0.2, 0.25) is 11.8 Å². The minimum atomic E-state index is -0.501. The lowest BCUT2D eigenvalue weighted by Crippen LogP contribution is -2.37. The lowest BCUT2D eigenvalue weighted by Gasteiger charge is -2.21. The highest BCUT2D eigenvalue weighted by Gasteiger charge is 2.44. The summed E-state index contributed by atoms with van der Waals surface area (Å²) in [5.74, 6) is 0.729. The van der Waals surface area contributed by atoms with Crippen LogP contribution in [0.4, 0.5) is 5.69 Å². The van der Waals surface area contributed by atoms with Gasteiger partial charge in [0.25, 0.3) is 5.79 Å². The first kappa shape index (κ1) is 17.2. The second-order valence-electron chi connectivity index (χ2n) is 7.58. The molecule has 0 bridgehead atoms. The van der Waals surface area contributed by atoms with E-state index < -0.39 is 5.79 Å². The highest BCUT2D eigenvalue weighted by molar-refractivity contribution is 5.95. The summed E-state index contributed by atoms with van der Waals surface area (Å²) in [6.07, 6.45) is 9.28. The molecule has 2 fully saturated rings. The molecule has 6 nitrogen and oxygen atoms in total. The first-order chi connectivity index (χ1) is 12.6. The van der Waals surface area contributed by atoms with E-state index in [0.29, 0.717) is 11.4 Å². The Morgan fingerprint density at radius 1 is 1.00 bits per heavy atom. The predicted molar refractivity (Wildman–Crippen MR) is 97.1 cm³/mol. The zero-order chi connectivity index (χ0) is 18.0. The van der Waals surface area contributed by atoms with Crippen LogP contribution in [0.15, 0.2) is 18.2 Å². The van der Waals surface area contributed by atoms with Gasteiger partial charge in [0.15, 0.2) is 11.5 Å². The molecule has 6 heteroatoms. The molecule has 2 amide bonds. The molecule has 0 radical (unpaired) electrons. The smallest absolute Gasteiger partial charge is 0.251 e. The zero-order valence-electron chi connectivity index (χ0n) is 15.0. The van der Waals surface area contributed by atoms with Gasteiger partial charge >= 0.3 is 0 Å². The molecule has 140 valence electrons. The fourth-order valence-electron chi connectivity index (χ4n) is 4.17. The van der Waals surface area contributed by atoms with E-state index in [1.165, 1.54) is 6.42 Å². The average Bonchev–Trinajstić information content (AvgIpc) is 3.26. The Morgan fingerprint density at radius 2 is 1.73 bits per heavy atom. The summed E-state index contributed by atoms with van der Waals surface area (Å²) in [6, 6.07) is 5.43. The van der Waals surface area contributed by atoms with Crippen LogP contribution >= 0.6 is 0 Å². The fraction of sp³-hybridized carbons (Fsp3) is 0.600. The van der Waals surface area contributed by atoms with E-state index in [2.05, 4.69) is 10.6 Å². The summed E-state index contributed by atoms with van der Waals surface area (Å²) in [7, 11) is 0. The molecule has 1 aromatic rings. The van der Waals surface area contributed by atoms with Crippen molar-refractivity contribution in [3.8, 4) is 11.5 Å². The monoisotopic (exact) mass is 358 g/mol. The van der Waals surface area contributed by atoms with Crippen molar-refractivity contribution in [1.29, 1.82) is 0 Å². The van der Waals surface area contributed by atoms with Crippen molar-refractivity contribution >= 4 is 17.5 Å². The van der Waals surface area contributed by atoms with Gasteiger partial charge < -0.3 is 20.1 Å². The molecule has 0 aromatic heterocycles. The van der Waals surface area contributed by atoms with Gasteiger partial charge in [-0.15, -0.1) is 0 Å². The maximum Gasteiger partial charge on any atom is 0.251 e. The number of benzene rings is 1. The van der Waals surface area contributed by atoms with Crippen LogP contribution in [0.3, 0.4) is 0 Å². The molecule has 0 atom stereocenters. The Balaban J connectivity index is 1.29. The Hall–Kier alpha value is -2.24. The number of carbonyl (C=O) groups is 2. The highest BCUT2D eigenvalue weighted by atomic mass is 16.7. The summed E-state index contributed by atoms with van der Waals surface area (Å²) in [6.45, 7) is -0.00624. The summed E-state index contributed by atoms with van der Waals surface area (Å²) >= 11 is 0. The van der Waals surface area contributed by atoms with Gasteiger partial charge in [-0.05, 0) is 37.8 Å². The van der Waals surface area contributed by atoms with Crippen molar-refractivity contribution in [3.05, 3.63) is 18.2 Å². The Morgan fingerprint density at radius 3 is 2.50 bits per heavy atom. The van der Waals surface area contributed by atoms with Crippen molar-refractivity contribution in [2.45, 2.75) is 63.6 Å². The number of hydrogen-bond donors (Lipinski definition) is 2. The highest BCUT2D eigenvalue weighted by Crippen LogP contribution is 2.47. The molecule has 0 saturated heterocycles. The lowest BCUT2D eigenvalue weighted by molar-refractivity contribution is -0.128. The van der Waals surface area contributed by atoms with Gasteiger partial charge in [0.05, 0.1) is 6.54 Å². The molecule has 2 aliphatic carbocycles. The van der Waals surface area contributed by atoms with E-state index in [1.54, 1.807) is 12.1 Å². The van der Waals surface area contributed by atoms with E-state index >= 15 is 0 Å². The maximum absolute atomic E-state index is 12.2. The number of carbonyl (C=O) groups excluding carboxylic acids is 2. The summed E-state index contributed by atoms with van der Waals surface area (Å²) in [4.78, 5) is 24.3. The molecule has 2 N–H and O–H groups in total. The third-order valence-electron chi connectivity index (χ3n) is 5.58. The van der Waals surface area contributed by atoms with Gasteiger partial charge in [-0.25, -0.2) is 0 Å². The van der Waals surface area contributed by atoms with Crippen LogP contribution in [0.1, 0.15) is 57.8 Å². The Kier molecular flexibility index (Phi) is 4.74. The molecule has 1 spiro atoms. The number of fused-ring (bicyclic) bond motifs is 1. The minimum Gasteiger partial charge on any atom is -0.448 e. The summed E-state index contributed by atoms with van der Waals surface area (Å²) in [5, 5.41) is 5.58. The van der Waals surface area contributed by atoms with Crippen LogP contribution in [0.5, 0.6) is 11.5 Å². The number of nitrogens with one attached hydrogen (secondary N) is 2. The quantitative estimate of drug-likeness (QED) is 0.865. The van der Waals surface area contributed by atoms with E-state index in [-0.39, 0.29) is 24.3 Å². The maximum atomic E-state index is 12.2. The second kappa shape index (κ2) is 7.17. The van der Waals surface area contributed by atoms with Crippen molar-refractivity contribution in [3.63, 3.8) is 0 Å². The zero-order valence-corrected chi connectivity index (χ0v) is 15.0. The SMILES string of the molecule is O=C(CNC(=O)C1CCCCC1)Nc1ccc2c(c1)OC1(CCCC1)O2. The molecule has 0 unspecified atom stereocenters. The molecule has 2 saturated carbocycles. The van der Waals surface area contributed by atoms with Gasteiger partial charge in [-0.1, -0.05) is 19.3 Å².